The van der Waals surface area contributed by atoms with Crippen molar-refractivity contribution in [1.82, 2.24) is 15.0 Å². The first kappa shape index (κ1) is 19.8. The van der Waals surface area contributed by atoms with Crippen molar-refractivity contribution in [3.05, 3.63) is 115 Å². The number of pyridine rings is 3. The molecule has 0 fully saturated rings. The molecule has 0 saturated carbocycles. The van der Waals surface area contributed by atoms with Crippen LogP contribution in [0.5, 0.6) is 0 Å². The number of benzene rings is 2. The molecule has 0 N–H and O–H groups in total. The molecule has 5 aromatic rings. The zero-order chi connectivity index (χ0) is 21.9. The van der Waals surface area contributed by atoms with Crippen LogP contribution in [0.3, 0.4) is 0 Å². The highest BCUT2D eigenvalue weighted by molar-refractivity contribution is 5.79. The van der Waals surface area contributed by atoms with Crippen molar-refractivity contribution in [1.29, 1.82) is 0 Å². The Labute approximate surface area is 188 Å². The topological polar surface area (TPSA) is 38.7 Å². The van der Waals surface area contributed by atoms with Gasteiger partial charge in [-0.15, -0.1) is 0 Å². The van der Waals surface area contributed by atoms with E-state index in [9.17, 15) is 0 Å². The van der Waals surface area contributed by atoms with Crippen molar-refractivity contribution in [2.24, 2.45) is 0 Å². The average molecular weight is 414 g/mol. The maximum absolute atomic E-state index is 4.58. The number of nitrogens with zero attached hydrogens (tertiary/aromatic N) is 3. The minimum atomic E-state index is 1.10. The van der Waals surface area contributed by atoms with Gasteiger partial charge in [0, 0.05) is 59.4 Å². The smallest absolute Gasteiger partial charge is 0.0346 e. The van der Waals surface area contributed by atoms with Crippen LogP contribution < -0.4 is 0 Å². The van der Waals surface area contributed by atoms with Crippen molar-refractivity contribution < 1.29 is 0 Å². The van der Waals surface area contributed by atoms with Crippen LogP contribution in [-0.2, 0) is 0 Å². The summed E-state index contributed by atoms with van der Waals surface area (Å²) < 4.78 is 0. The minimum Gasteiger partial charge on any atom is -0.264 e. The first-order valence-corrected chi connectivity index (χ1v) is 10.7. The van der Waals surface area contributed by atoms with Crippen LogP contribution in [0.2, 0.25) is 0 Å². The molecular weight excluding hydrogens is 390 g/mol. The summed E-state index contributed by atoms with van der Waals surface area (Å²) in [5.74, 6) is 0. The molecule has 3 aromatic heterocycles. The summed E-state index contributed by atoms with van der Waals surface area (Å²) in [6.07, 6.45) is 11.3. The van der Waals surface area contributed by atoms with E-state index >= 15 is 0 Å². The lowest BCUT2D eigenvalue weighted by Crippen LogP contribution is -1.89. The molecule has 0 unspecified atom stereocenters. The Bertz CT molecular complexity index is 1270. The Morgan fingerprint density at radius 3 is 1.19 bits per heavy atom. The molecule has 0 spiro atoms. The van der Waals surface area contributed by atoms with E-state index < -0.39 is 0 Å². The Balaban J connectivity index is 1.57. The standard InChI is InChI=1S/C29H23N3/c1-20-9-24(22-5-3-7-30-16-22)13-26(11-20)28-15-29(19-32-18-28)27-12-21(2)10-25(14-27)23-6-4-8-31-17-23/h3-19H,1-2H3. The summed E-state index contributed by atoms with van der Waals surface area (Å²) in [6, 6.07) is 23.6. The van der Waals surface area contributed by atoms with Gasteiger partial charge in [-0.2, -0.15) is 0 Å². The van der Waals surface area contributed by atoms with Crippen molar-refractivity contribution in [3.63, 3.8) is 0 Å². The van der Waals surface area contributed by atoms with Crippen LogP contribution in [-0.4, -0.2) is 15.0 Å². The Morgan fingerprint density at radius 1 is 0.406 bits per heavy atom. The summed E-state index contributed by atoms with van der Waals surface area (Å²) in [6.45, 7) is 4.25. The lowest BCUT2D eigenvalue weighted by molar-refractivity contribution is 1.31. The van der Waals surface area contributed by atoms with Crippen LogP contribution in [0.4, 0.5) is 0 Å². The highest BCUT2D eigenvalue weighted by Crippen LogP contribution is 2.32. The quantitative estimate of drug-likeness (QED) is 0.314. The molecule has 0 aliphatic rings. The fourth-order valence-corrected chi connectivity index (χ4v) is 4.06. The van der Waals surface area contributed by atoms with Gasteiger partial charge in [-0.25, -0.2) is 0 Å². The van der Waals surface area contributed by atoms with E-state index in [-0.39, 0.29) is 0 Å². The highest BCUT2D eigenvalue weighted by atomic mass is 14.6. The van der Waals surface area contributed by atoms with E-state index in [0.717, 1.165) is 44.5 Å². The van der Waals surface area contributed by atoms with Crippen LogP contribution >= 0.6 is 0 Å². The summed E-state index contributed by atoms with van der Waals surface area (Å²) >= 11 is 0. The second-order valence-electron chi connectivity index (χ2n) is 8.12. The molecule has 154 valence electrons. The van der Waals surface area contributed by atoms with Gasteiger partial charge in [-0.1, -0.05) is 36.4 Å². The van der Waals surface area contributed by atoms with Crippen molar-refractivity contribution in [2.45, 2.75) is 13.8 Å². The first-order chi connectivity index (χ1) is 15.7. The predicted molar refractivity (Wildman–Crippen MR) is 131 cm³/mol. The van der Waals surface area contributed by atoms with Gasteiger partial charge >= 0.3 is 0 Å². The predicted octanol–water partition coefficient (Wildman–Crippen LogP) is 7.16. The third kappa shape index (κ3) is 4.19. The second kappa shape index (κ2) is 8.56. The van der Waals surface area contributed by atoms with Crippen molar-refractivity contribution >= 4 is 0 Å². The number of aromatic nitrogens is 3. The van der Waals surface area contributed by atoms with Crippen LogP contribution in [0.1, 0.15) is 11.1 Å². The van der Waals surface area contributed by atoms with Crippen LogP contribution in [0.25, 0.3) is 44.5 Å². The number of hydrogen-bond acceptors (Lipinski definition) is 3. The number of hydrogen-bond donors (Lipinski definition) is 0. The van der Waals surface area contributed by atoms with E-state index in [0.29, 0.717) is 0 Å². The lowest BCUT2D eigenvalue weighted by atomic mass is 9.95. The van der Waals surface area contributed by atoms with Gasteiger partial charge in [-0.05, 0) is 77.6 Å². The largest absolute Gasteiger partial charge is 0.264 e. The highest BCUT2D eigenvalue weighted by Gasteiger charge is 2.08. The zero-order valence-electron chi connectivity index (χ0n) is 18.2. The Morgan fingerprint density at radius 2 is 0.781 bits per heavy atom. The van der Waals surface area contributed by atoms with Gasteiger partial charge in [0.2, 0.25) is 0 Å². The molecule has 2 aromatic carbocycles. The summed E-state index contributed by atoms with van der Waals surface area (Å²) in [5.41, 5.74) is 11.5. The molecule has 0 aliphatic heterocycles. The molecular formula is C29H23N3. The minimum absolute atomic E-state index is 1.10. The van der Waals surface area contributed by atoms with Crippen LogP contribution in [0.15, 0.2) is 104 Å². The fraction of sp³-hybridized carbons (Fsp3) is 0.0690. The van der Waals surface area contributed by atoms with E-state index in [1.165, 1.54) is 11.1 Å². The van der Waals surface area contributed by atoms with Gasteiger partial charge in [0.15, 0.2) is 0 Å². The molecule has 0 atom stereocenters. The monoisotopic (exact) mass is 413 g/mol. The maximum Gasteiger partial charge on any atom is 0.0346 e. The van der Waals surface area contributed by atoms with Gasteiger partial charge < -0.3 is 0 Å². The number of aryl methyl sites for hydroxylation is 2. The van der Waals surface area contributed by atoms with Crippen molar-refractivity contribution in [2.75, 3.05) is 0 Å². The van der Waals surface area contributed by atoms with Crippen LogP contribution in [0, 0.1) is 13.8 Å². The lowest BCUT2D eigenvalue weighted by Gasteiger charge is -2.11. The average Bonchev–Trinajstić information content (AvgIpc) is 2.84. The van der Waals surface area contributed by atoms with Gasteiger partial charge in [-0.3, -0.25) is 15.0 Å². The Hall–Kier alpha value is -4.11. The molecule has 3 nitrogen and oxygen atoms in total. The SMILES string of the molecule is Cc1cc(-c2cccnc2)cc(-c2cncc(-c3cc(C)cc(-c4cccnc4)c3)c2)c1. The van der Waals surface area contributed by atoms with E-state index in [2.05, 4.69) is 83.4 Å². The third-order valence-electron chi connectivity index (χ3n) is 5.55. The summed E-state index contributed by atoms with van der Waals surface area (Å²) in [4.78, 5) is 13.1. The Kier molecular flexibility index (Phi) is 5.30. The number of rotatable bonds is 4. The van der Waals surface area contributed by atoms with E-state index in [1.54, 1.807) is 12.4 Å². The third-order valence-corrected chi connectivity index (χ3v) is 5.55. The van der Waals surface area contributed by atoms with E-state index in [4.69, 9.17) is 0 Å². The maximum atomic E-state index is 4.58. The van der Waals surface area contributed by atoms with Gasteiger partial charge in [0.1, 0.15) is 0 Å². The first-order valence-electron chi connectivity index (χ1n) is 10.7. The normalized spacial score (nSPS) is 10.8. The van der Waals surface area contributed by atoms with E-state index in [1.807, 2.05) is 36.9 Å². The molecule has 0 bridgehead atoms. The summed E-state index contributed by atoms with van der Waals surface area (Å²) in [7, 11) is 0. The molecule has 0 radical (unpaired) electrons. The molecule has 3 heteroatoms. The van der Waals surface area contributed by atoms with Gasteiger partial charge in [0.25, 0.3) is 0 Å². The second-order valence-corrected chi connectivity index (χ2v) is 8.12. The molecule has 5 rings (SSSR count). The molecule has 0 aliphatic carbocycles. The zero-order valence-corrected chi connectivity index (χ0v) is 18.2. The van der Waals surface area contributed by atoms with Gasteiger partial charge in [0.05, 0.1) is 0 Å². The molecule has 0 saturated heterocycles. The summed E-state index contributed by atoms with van der Waals surface area (Å²) in [5, 5.41) is 0. The molecule has 0 amide bonds. The molecule has 3 heterocycles. The fourth-order valence-electron chi connectivity index (χ4n) is 4.06. The molecule has 32 heavy (non-hydrogen) atoms. The van der Waals surface area contributed by atoms with Crippen molar-refractivity contribution in [3.8, 4) is 44.5 Å².